The average molecular weight is 504 g/mol. The van der Waals surface area contributed by atoms with Crippen molar-refractivity contribution in [3.05, 3.63) is 47.2 Å². The number of anilines is 2. The van der Waals surface area contributed by atoms with Gasteiger partial charge >= 0.3 is 0 Å². The minimum Gasteiger partial charge on any atom is -0.362 e. The average Bonchev–Trinajstić information content (AvgIpc) is 2.93. The lowest BCUT2D eigenvalue weighted by Crippen LogP contribution is -2.46. The fourth-order valence-corrected chi connectivity index (χ4v) is 6.46. The number of aryl methyl sites for hydroxylation is 1. The Balaban J connectivity index is 1.16. The van der Waals surface area contributed by atoms with Crippen molar-refractivity contribution < 1.29 is 9.59 Å². The molecular weight excluding hydrogens is 462 g/mol. The summed E-state index contributed by atoms with van der Waals surface area (Å²) in [7, 11) is 4.11. The van der Waals surface area contributed by atoms with Crippen molar-refractivity contribution in [2.24, 2.45) is 11.8 Å². The maximum absolute atomic E-state index is 13.3. The molecule has 7 nitrogen and oxygen atoms in total. The molecular formula is C30H41N5O2. The molecule has 5 rings (SSSR count). The van der Waals surface area contributed by atoms with Crippen LogP contribution in [0.3, 0.4) is 0 Å². The molecule has 3 aliphatic rings. The third-order valence-corrected chi connectivity index (χ3v) is 8.49. The van der Waals surface area contributed by atoms with Gasteiger partial charge in [0.05, 0.1) is 5.69 Å². The zero-order chi connectivity index (χ0) is 25.8. The third kappa shape index (κ3) is 5.97. The SMILES string of the molecule is CN(C)c1nc(NC2CCC(NC(=O)C3CCCC[C@H]3C(=O)c3ccccc3)CC2)nc2c1CCCC2. The number of fused-ring (bicyclic) bond motifs is 1. The molecule has 0 radical (unpaired) electrons. The van der Waals surface area contributed by atoms with Crippen molar-refractivity contribution in [3.63, 3.8) is 0 Å². The van der Waals surface area contributed by atoms with Gasteiger partial charge in [0.15, 0.2) is 5.78 Å². The number of hydrogen-bond donors (Lipinski definition) is 2. The zero-order valence-electron chi connectivity index (χ0n) is 22.3. The normalized spacial score (nSPS) is 25.6. The fraction of sp³-hybridized carbons (Fsp3) is 0.600. The lowest BCUT2D eigenvalue weighted by molar-refractivity contribution is -0.128. The van der Waals surface area contributed by atoms with Crippen LogP contribution in [-0.4, -0.2) is 47.8 Å². The summed E-state index contributed by atoms with van der Waals surface area (Å²) in [6.07, 6.45) is 11.9. The van der Waals surface area contributed by atoms with Crippen LogP contribution in [0, 0.1) is 11.8 Å². The largest absolute Gasteiger partial charge is 0.362 e. The van der Waals surface area contributed by atoms with E-state index in [0.717, 1.165) is 81.5 Å². The van der Waals surface area contributed by atoms with Crippen LogP contribution in [-0.2, 0) is 17.6 Å². The number of amides is 1. The lowest BCUT2D eigenvalue weighted by atomic mass is 9.74. The fourth-order valence-electron chi connectivity index (χ4n) is 6.46. The van der Waals surface area contributed by atoms with Crippen molar-refractivity contribution in [3.8, 4) is 0 Å². The molecule has 0 aliphatic heterocycles. The molecule has 2 N–H and O–H groups in total. The van der Waals surface area contributed by atoms with Gasteiger partial charge in [-0.2, -0.15) is 4.98 Å². The summed E-state index contributed by atoms with van der Waals surface area (Å²) in [5.41, 5.74) is 3.22. The van der Waals surface area contributed by atoms with Gasteiger partial charge < -0.3 is 15.5 Å². The van der Waals surface area contributed by atoms with Gasteiger partial charge in [-0.1, -0.05) is 43.2 Å². The molecule has 1 aromatic carbocycles. The number of carbonyl (C=O) groups is 2. The van der Waals surface area contributed by atoms with Crippen LogP contribution in [0.1, 0.15) is 85.8 Å². The molecule has 198 valence electrons. The van der Waals surface area contributed by atoms with Crippen LogP contribution in [0.5, 0.6) is 0 Å². The number of hydrogen-bond acceptors (Lipinski definition) is 6. The molecule has 2 fully saturated rings. The molecule has 1 heterocycles. The van der Waals surface area contributed by atoms with Crippen LogP contribution >= 0.6 is 0 Å². The predicted molar refractivity (Wildman–Crippen MR) is 147 cm³/mol. The standard InChI is InChI=1S/C30H41N5O2/c1-35(2)28-25-14-8-9-15-26(25)33-30(34-28)32-22-18-16-21(17-19-22)31-29(37)24-13-7-6-12-23(24)27(36)20-10-4-3-5-11-20/h3-5,10-11,21-24H,6-9,12-19H2,1-2H3,(H,31,37)(H,32,33,34)/t21?,22?,23-,24?/m1/s1. The number of rotatable bonds is 7. The van der Waals surface area contributed by atoms with Crippen molar-refractivity contribution in [2.45, 2.75) is 89.1 Å². The Morgan fingerprint density at radius 1 is 0.811 bits per heavy atom. The highest BCUT2D eigenvalue weighted by Gasteiger charge is 2.37. The van der Waals surface area contributed by atoms with E-state index in [1.165, 1.54) is 24.1 Å². The Morgan fingerprint density at radius 2 is 1.49 bits per heavy atom. The predicted octanol–water partition coefficient (Wildman–Crippen LogP) is 4.95. The smallest absolute Gasteiger partial charge is 0.225 e. The monoisotopic (exact) mass is 503 g/mol. The maximum Gasteiger partial charge on any atom is 0.225 e. The second-order valence-electron chi connectivity index (χ2n) is 11.3. The quantitative estimate of drug-likeness (QED) is 0.520. The van der Waals surface area contributed by atoms with E-state index < -0.39 is 0 Å². The molecule has 0 bridgehead atoms. The van der Waals surface area contributed by atoms with Gasteiger partial charge in [0.25, 0.3) is 0 Å². The third-order valence-electron chi connectivity index (χ3n) is 8.49. The highest BCUT2D eigenvalue weighted by molar-refractivity contribution is 6.00. The number of aromatic nitrogens is 2. The van der Waals surface area contributed by atoms with E-state index in [9.17, 15) is 9.59 Å². The first-order valence-electron chi connectivity index (χ1n) is 14.2. The van der Waals surface area contributed by atoms with Gasteiger partial charge in [0, 0.05) is 49.1 Å². The molecule has 7 heteroatoms. The molecule has 2 saturated carbocycles. The van der Waals surface area contributed by atoms with E-state index in [4.69, 9.17) is 9.97 Å². The van der Waals surface area contributed by atoms with Gasteiger partial charge in [0.1, 0.15) is 5.82 Å². The topological polar surface area (TPSA) is 87.2 Å². The van der Waals surface area contributed by atoms with Crippen molar-refractivity contribution >= 4 is 23.5 Å². The van der Waals surface area contributed by atoms with Crippen molar-refractivity contribution in [1.82, 2.24) is 15.3 Å². The Labute approximate surface area is 220 Å². The minimum absolute atomic E-state index is 0.0686. The van der Waals surface area contributed by atoms with Gasteiger partial charge in [-0.15, -0.1) is 0 Å². The van der Waals surface area contributed by atoms with Crippen LogP contribution in [0.2, 0.25) is 0 Å². The van der Waals surface area contributed by atoms with E-state index in [1.54, 1.807) is 0 Å². The molecule has 1 amide bonds. The van der Waals surface area contributed by atoms with E-state index in [-0.39, 0.29) is 29.6 Å². The van der Waals surface area contributed by atoms with Gasteiger partial charge in [-0.05, 0) is 64.2 Å². The Bertz CT molecular complexity index is 1090. The number of carbonyl (C=O) groups excluding carboxylic acids is 2. The van der Waals surface area contributed by atoms with E-state index in [2.05, 4.69) is 29.6 Å². The van der Waals surface area contributed by atoms with E-state index in [0.29, 0.717) is 6.04 Å². The summed E-state index contributed by atoms with van der Waals surface area (Å²) in [6.45, 7) is 0. The molecule has 0 saturated heterocycles. The summed E-state index contributed by atoms with van der Waals surface area (Å²) >= 11 is 0. The highest BCUT2D eigenvalue weighted by atomic mass is 16.2. The van der Waals surface area contributed by atoms with Crippen molar-refractivity contribution in [1.29, 1.82) is 0 Å². The Morgan fingerprint density at radius 3 is 2.22 bits per heavy atom. The van der Waals surface area contributed by atoms with Crippen LogP contribution in [0.25, 0.3) is 0 Å². The summed E-state index contributed by atoms with van der Waals surface area (Å²) in [5, 5.41) is 6.91. The lowest BCUT2D eigenvalue weighted by Gasteiger charge is -2.34. The summed E-state index contributed by atoms with van der Waals surface area (Å²) in [4.78, 5) is 38.3. The second-order valence-corrected chi connectivity index (χ2v) is 11.3. The zero-order valence-corrected chi connectivity index (χ0v) is 22.3. The minimum atomic E-state index is -0.217. The molecule has 2 atom stereocenters. The highest BCUT2D eigenvalue weighted by Crippen LogP contribution is 2.34. The second kappa shape index (κ2) is 11.6. The van der Waals surface area contributed by atoms with Gasteiger partial charge in [0.2, 0.25) is 11.9 Å². The molecule has 3 aliphatic carbocycles. The number of nitrogens with zero attached hydrogens (tertiary/aromatic N) is 3. The van der Waals surface area contributed by atoms with E-state index in [1.807, 2.05) is 30.3 Å². The van der Waals surface area contributed by atoms with Crippen LogP contribution in [0.4, 0.5) is 11.8 Å². The number of benzene rings is 1. The summed E-state index contributed by atoms with van der Waals surface area (Å²) in [6, 6.07) is 9.93. The molecule has 0 spiro atoms. The van der Waals surface area contributed by atoms with Gasteiger partial charge in [-0.3, -0.25) is 9.59 Å². The first kappa shape index (κ1) is 25.7. The van der Waals surface area contributed by atoms with Gasteiger partial charge in [-0.25, -0.2) is 4.98 Å². The maximum atomic E-state index is 13.3. The first-order chi connectivity index (χ1) is 18.0. The number of ketones is 1. The number of Topliss-reactive ketones (excluding diaryl/α,β-unsaturated/α-hetero) is 1. The summed E-state index contributed by atoms with van der Waals surface area (Å²) in [5.74, 6) is 1.54. The van der Waals surface area contributed by atoms with E-state index >= 15 is 0 Å². The van der Waals surface area contributed by atoms with Crippen LogP contribution < -0.4 is 15.5 Å². The Kier molecular flexibility index (Phi) is 8.06. The molecule has 1 aromatic heterocycles. The first-order valence-corrected chi connectivity index (χ1v) is 14.2. The molecule has 1 unspecified atom stereocenters. The number of nitrogens with one attached hydrogen (secondary N) is 2. The van der Waals surface area contributed by atoms with Crippen LogP contribution in [0.15, 0.2) is 30.3 Å². The molecule has 37 heavy (non-hydrogen) atoms. The Hall–Kier alpha value is -2.96. The molecule has 2 aromatic rings. The summed E-state index contributed by atoms with van der Waals surface area (Å²) < 4.78 is 0. The van der Waals surface area contributed by atoms with Crippen molar-refractivity contribution in [2.75, 3.05) is 24.3 Å².